The SMILES string of the molecule is C[p+]1c2c(c(Cl)c3c1CCC3)CCC2. The third-order valence-electron chi connectivity index (χ3n) is 3.72. The fourth-order valence-electron chi connectivity index (χ4n) is 3.01. The predicted octanol–water partition coefficient (Wildman–Crippen LogP) is 4.12. The van der Waals surface area contributed by atoms with Crippen LogP contribution in [0.25, 0.3) is 0 Å². The lowest BCUT2D eigenvalue weighted by molar-refractivity contribution is 0.904. The van der Waals surface area contributed by atoms with Gasteiger partial charge in [0.1, 0.15) is 24.8 Å². The molecule has 0 aliphatic heterocycles. The summed E-state index contributed by atoms with van der Waals surface area (Å²) < 4.78 is 0. The van der Waals surface area contributed by atoms with E-state index >= 15 is 0 Å². The van der Waals surface area contributed by atoms with Gasteiger partial charge in [-0.1, -0.05) is 11.6 Å². The molecular formula is C12H15ClP+. The van der Waals surface area contributed by atoms with E-state index in [1.807, 2.05) is 0 Å². The smallest absolute Gasteiger partial charge is 0.0834 e. The van der Waals surface area contributed by atoms with Crippen LogP contribution in [-0.2, 0) is 32.3 Å². The molecule has 0 N–H and O–H groups in total. The van der Waals surface area contributed by atoms with Gasteiger partial charge in [-0.3, -0.25) is 0 Å². The van der Waals surface area contributed by atoms with Gasteiger partial charge in [-0.2, -0.15) is 0 Å². The van der Waals surface area contributed by atoms with E-state index in [1.165, 1.54) is 38.5 Å². The van der Waals surface area contributed by atoms with E-state index in [-0.39, 0.29) is 7.53 Å². The summed E-state index contributed by atoms with van der Waals surface area (Å²) >= 11 is 6.50. The molecule has 0 radical (unpaired) electrons. The molecule has 0 spiro atoms. The minimum absolute atomic E-state index is 0.0550. The molecule has 0 nitrogen and oxygen atoms in total. The Hall–Kier alpha value is -0.0600. The van der Waals surface area contributed by atoms with Gasteiger partial charge in [0.05, 0.1) is 5.02 Å². The Morgan fingerprint density at radius 3 is 1.93 bits per heavy atom. The lowest BCUT2D eigenvalue weighted by Crippen LogP contribution is -1.90. The van der Waals surface area contributed by atoms with Crippen LogP contribution in [0, 0.1) is 0 Å². The van der Waals surface area contributed by atoms with E-state index in [0.29, 0.717) is 0 Å². The number of rotatable bonds is 0. The number of hydrogen-bond acceptors (Lipinski definition) is 0. The number of halogens is 1. The summed E-state index contributed by atoms with van der Waals surface area (Å²) in [6, 6.07) is 0. The Morgan fingerprint density at radius 2 is 1.43 bits per heavy atom. The summed E-state index contributed by atoms with van der Waals surface area (Å²) in [7, 11) is 0.0550. The predicted molar refractivity (Wildman–Crippen MR) is 63.6 cm³/mol. The standard InChI is InChI=1S/C12H15ClP/c1-14-10-6-2-4-8(10)12(13)9-5-3-7-11(9)14/h2-7H2,1H3/q+1. The zero-order valence-corrected chi connectivity index (χ0v) is 10.2. The molecule has 0 bridgehead atoms. The Balaban J connectivity index is 2.33. The van der Waals surface area contributed by atoms with Crippen molar-refractivity contribution in [3.05, 3.63) is 26.7 Å². The second-order valence-corrected chi connectivity index (χ2v) is 7.01. The number of fused-ring (bicyclic) bond motifs is 2. The van der Waals surface area contributed by atoms with Crippen LogP contribution in [0.15, 0.2) is 0 Å². The largest absolute Gasteiger partial charge is 0.130 e. The molecular weight excluding hydrogens is 211 g/mol. The van der Waals surface area contributed by atoms with Crippen molar-refractivity contribution in [2.24, 2.45) is 6.66 Å². The molecule has 1 aromatic heterocycles. The lowest BCUT2D eigenvalue weighted by atomic mass is 10.2. The van der Waals surface area contributed by atoms with Crippen LogP contribution in [0.1, 0.15) is 34.6 Å². The normalized spacial score (nSPS) is 18.4. The van der Waals surface area contributed by atoms with Crippen molar-refractivity contribution in [1.29, 1.82) is 0 Å². The average molecular weight is 226 g/mol. The van der Waals surface area contributed by atoms with Crippen molar-refractivity contribution >= 4 is 19.1 Å². The molecule has 0 saturated carbocycles. The first kappa shape index (κ1) is 9.19. The van der Waals surface area contributed by atoms with Gasteiger partial charge in [0.2, 0.25) is 0 Å². The monoisotopic (exact) mass is 225 g/mol. The van der Waals surface area contributed by atoms with Gasteiger partial charge in [0.25, 0.3) is 0 Å². The Labute approximate surface area is 91.4 Å². The third kappa shape index (κ3) is 1.11. The molecule has 0 saturated heterocycles. The fraction of sp³-hybridized carbons (Fsp3) is 0.583. The molecule has 0 fully saturated rings. The minimum Gasteiger partial charge on any atom is -0.0834 e. The Kier molecular flexibility index (Phi) is 2.11. The van der Waals surface area contributed by atoms with Gasteiger partial charge in [-0.15, -0.1) is 0 Å². The minimum atomic E-state index is 0.0550. The van der Waals surface area contributed by atoms with Crippen molar-refractivity contribution in [2.75, 3.05) is 0 Å². The van der Waals surface area contributed by atoms with Gasteiger partial charge >= 0.3 is 0 Å². The Morgan fingerprint density at radius 1 is 0.929 bits per heavy atom. The van der Waals surface area contributed by atoms with Crippen LogP contribution in [0.4, 0.5) is 0 Å². The van der Waals surface area contributed by atoms with E-state index in [9.17, 15) is 0 Å². The second kappa shape index (κ2) is 3.22. The topological polar surface area (TPSA) is 0 Å². The molecule has 1 aromatic rings. The van der Waals surface area contributed by atoms with Gasteiger partial charge < -0.3 is 0 Å². The highest BCUT2D eigenvalue weighted by Gasteiger charge is 2.33. The zero-order chi connectivity index (χ0) is 9.71. The maximum absolute atomic E-state index is 6.50. The molecule has 0 unspecified atom stereocenters. The van der Waals surface area contributed by atoms with Gasteiger partial charge in [-0.05, 0) is 25.7 Å². The number of hydrogen-bond donors (Lipinski definition) is 0. The van der Waals surface area contributed by atoms with Crippen LogP contribution in [0.2, 0.25) is 5.02 Å². The molecule has 2 aliphatic carbocycles. The summed E-state index contributed by atoms with van der Waals surface area (Å²) in [5, 5.41) is 4.61. The summed E-state index contributed by atoms with van der Waals surface area (Å²) in [5.74, 6) is 0. The molecule has 0 amide bonds. The first-order valence-electron chi connectivity index (χ1n) is 5.50. The van der Waals surface area contributed by atoms with E-state index < -0.39 is 0 Å². The summed E-state index contributed by atoms with van der Waals surface area (Å²) in [4.78, 5) is 0. The maximum atomic E-state index is 6.50. The molecule has 14 heavy (non-hydrogen) atoms. The van der Waals surface area contributed by atoms with Crippen molar-refractivity contribution in [3.8, 4) is 0 Å². The van der Waals surface area contributed by atoms with Crippen molar-refractivity contribution in [1.82, 2.24) is 0 Å². The quantitative estimate of drug-likeness (QED) is 0.623. The van der Waals surface area contributed by atoms with E-state index in [1.54, 1.807) is 21.7 Å². The van der Waals surface area contributed by atoms with Gasteiger partial charge in [-0.25, -0.2) is 0 Å². The van der Waals surface area contributed by atoms with E-state index in [4.69, 9.17) is 11.6 Å². The lowest BCUT2D eigenvalue weighted by Gasteiger charge is -2.05. The molecule has 1 heterocycles. The average Bonchev–Trinajstić information content (AvgIpc) is 2.82. The molecule has 0 aromatic carbocycles. The van der Waals surface area contributed by atoms with Crippen LogP contribution in [-0.4, -0.2) is 0 Å². The first-order valence-corrected chi connectivity index (χ1v) is 7.66. The molecule has 2 aliphatic rings. The summed E-state index contributed by atoms with van der Waals surface area (Å²) in [5.41, 5.74) is 3.09. The second-order valence-electron chi connectivity index (χ2n) is 4.43. The highest BCUT2D eigenvalue weighted by Crippen LogP contribution is 2.50. The molecule has 2 heteroatoms. The van der Waals surface area contributed by atoms with Crippen molar-refractivity contribution in [3.63, 3.8) is 0 Å². The highest BCUT2D eigenvalue weighted by atomic mass is 35.5. The third-order valence-corrected chi connectivity index (χ3v) is 6.78. The Bertz CT molecular complexity index is 337. The van der Waals surface area contributed by atoms with Gasteiger partial charge in [0.15, 0.2) is 0 Å². The van der Waals surface area contributed by atoms with E-state index in [0.717, 1.165) is 5.02 Å². The van der Waals surface area contributed by atoms with Crippen LogP contribution >= 0.6 is 19.1 Å². The molecule has 3 rings (SSSR count). The van der Waals surface area contributed by atoms with E-state index in [2.05, 4.69) is 6.66 Å². The summed E-state index contributed by atoms with van der Waals surface area (Å²) in [6.45, 7) is 2.44. The molecule has 74 valence electrons. The fourth-order valence-corrected chi connectivity index (χ4v) is 6.13. The van der Waals surface area contributed by atoms with Crippen LogP contribution in [0.5, 0.6) is 0 Å². The molecule has 0 atom stereocenters. The van der Waals surface area contributed by atoms with Gasteiger partial charge in [0, 0.05) is 24.0 Å². The highest BCUT2D eigenvalue weighted by molar-refractivity contribution is 7.49. The summed E-state index contributed by atoms with van der Waals surface area (Å²) in [6.07, 6.45) is 7.83. The van der Waals surface area contributed by atoms with Crippen molar-refractivity contribution in [2.45, 2.75) is 38.5 Å². The van der Waals surface area contributed by atoms with Crippen molar-refractivity contribution < 1.29 is 0 Å². The van der Waals surface area contributed by atoms with Crippen LogP contribution < -0.4 is 0 Å². The first-order chi connectivity index (χ1) is 6.79. The zero-order valence-electron chi connectivity index (χ0n) is 8.57. The van der Waals surface area contributed by atoms with Crippen LogP contribution in [0.3, 0.4) is 0 Å². The maximum Gasteiger partial charge on any atom is 0.130 e.